The molecular weight excluding hydrogens is 430 g/mol. The third kappa shape index (κ3) is 4.24. The van der Waals surface area contributed by atoms with Crippen LogP contribution in [-0.4, -0.2) is 46.6 Å². The molecule has 172 valence electrons. The van der Waals surface area contributed by atoms with Crippen molar-refractivity contribution in [2.75, 3.05) is 20.2 Å². The molecule has 1 aliphatic rings. The normalized spacial score (nSPS) is 14.2. The van der Waals surface area contributed by atoms with Crippen LogP contribution in [0.25, 0.3) is 17.1 Å². The molecule has 2 aromatic heterocycles. The number of ketones is 1. The summed E-state index contributed by atoms with van der Waals surface area (Å²) in [4.78, 5) is 28.3. The van der Waals surface area contributed by atoms with Gasteiger partial charge in [0.2, 0.25) is 0 Å². The Bertz CT molecular complexity index is 1270. The number of Topliss-reactive ketones (excluding diaryl/α,β-unsaturated/α-hetero) is 1. The van der Waals surface area contributed by atoms with Crippen molar-refractivity contribution in [1.29, 1.82) is 0 Å². The summed E-state index contributed by atoms with van der Waals surface area (Å²) in [5.74, 6) is 1.23. The van der Waals surface area contributed by atoms with Crippen molar-refractivity contribution in [3.8, 4) is 22.9 Å². The largest absolute Gasteiger partial charge is 0.497 e. The summed E-state index contributed by atoms with van der Waals surface area (Å²) in [6.07, 6.45) is 2.84. The number of carbonyl (C=O) groups excluding carboxylic acids is 2. The number of carbonyl (C=O) groups is 2. The number of hydrogen-bond acceptors (Lipinski definition) is 5. The van der Waals surface area contributed by atoms with Crippen LogP contribution in [0.1, 0.15) is 33.7 Å². The monoisotopic (exact) mass is 455 g/mol. The summed E-state index contributed by atoms with van der Waals surface area (Å²) >= 11 is 0. The number of rotatable bonds is 6. The van der Waals surface area contributed by atoms with Crippen LogP contribution in [0, 0.1) is 5.92 Å². The molecular formula is C27H25N3O4. The Balaban J connectivity index is 1.34. The summed E-state index contributed by atoms with van der Waals surface area (Å²) in [7, 11) is 1.60. The first kappa shape index (κ1) is 21.7. The van der Waals surface area contributed by atoms with Crippen LogP contribution in [0.15, 0.2) is 83.5 Å². The van der Waals surface area contributed by atoms with Gasteiger partial charge in [0.05, 0.1) is 19.1 Å². The number of benzene rings is 2. The van der Waals surface area contributed by atoms with Crippen molar-refractivity contribution < 1.29 is 18.7 Å². The summed E-state index contributed by atoms with van der Waals surface area (Å²) in [6.45, 7) is 1.03. The lowest BCUT2D eigenvalue weighted by atomic mass is 9.88. The summed E-state index contributed by atoms with van der Waals surface area (Å²) in [5.41, 5.74) is 2.54. The summed E-state index contributed by atoms with van der Waals surface area (Å²) in [5, 5.41) is 4.65. The van der Waals surface area contributed by atoms with Crippen molar-refractivity contribution in [2.24, 2.45) is 5.92 Å². The Hall–Kier alpha value is -4.13. The Kier molecular flexibility index (Phi) is 5.99. The fourth-order valence-corrected chi connectivity index (χ4v) is 4.34. The van der Waals surface area contributed by atoms with Gasteiger partial charge in [0.1, 0.15) is 17.1 Å². The highest BCUT2D eigenvalue weighted by Crippen LogP contribution is 2.27. The van der Waals surface area contributed by atoms with Gasteiger partial charge in [0, 0.05) is 30.6 Å². The second-order valence-electron chi connectivity index (χ2n) is 8.30. The topological polar surface area (TPSA) is 77.6 Å². The number of para-hydroxylation sites is 1. The second kappa shape index (κ2) is 9.39. The molecule has 7 nitrogen and oxygen atoms in total. The minimum atomic E-state index is -0.107. The highest BCUT2D eigenvalue weighted by molar-refractivity contribution is 5.98. The maximum Gasteiger partial charge on any atom is 0.272 e. The molecule has 0 N–H and O–H groups in total. The van der Waals surface area contributed by atoms with Crippen LogP contribution < -0.4 is 4.74 Å². The molecule has 1 amide bonds. The number of nitrogens with zero attached hydrogens (tertiary/aromatic N) is 3. The number of likely N-dealkylation sites (tertiary alicyclic amines) is 1. The van der Waals surface area contributed by atoms with Gasteiger partial charge in [-0.1, -0.05) is 18.2 Å². The van der Waals surface area contributed by atoms with Crippen molar-refractivity contribution >= 4 is 11.7 Å². The Morgan fingerprint density at radius 1 is 0.971 bits per heavy atom. The molecule has 4 aromatic rings. The number of methoxy groups -OCH3 is 1. The van der Waals surface area contributed by atoms with Gasteiger partial charge in [-0.25, -0.2) is 4.68 Å². The lowest BCUT2D eigenvalue weighted by Gasteiger charge is -2.31. The smallest absolute Gasteiger partial charge is 0.272 e. The SMILES string of the molecule is COc1ccc(C(=O)C2CCN(C(=O)c3cc(-c4ccco4)nn3-c3ccccc3)CC2)cc1. The van der Waals surface area contributed by atoms with E-state index in [9.17, 15) is 9.59 Å². The maximum atomic E-state index is 13.5. The summed E-state index contributed by atoms with van der Waals surface area (Å²) in [6, 6.07) is 22.1. The standard InChI is InChI=1S/C27H25N3O4/c1-33-22-11-9-19(10-12-22)26(31)20-13-15-29(16-14-20)27(32)24-18-23(25-8-5-17-34-25)28-30(24)21-6-3-2-4-7-21/h2-12,17-18,20H,13-16H2,1H3. The quantitative estimate of drug-likeness (QED) is 0.388. The number of furan rings is 1. The molecule has 3 heterocycles. The maximum absolute atomic E-state index is 13.5. The van der Waals surface area contributed by atoms with Crippen LogP contribution in [0.5, 0.6) is 5.75 Å². The molecule has 0 aliphatic carbocycles. The molecule has 5 rings (SSSR count). The zero-order valence-corrected chi connectivity index (χ0v) is 18.9. The molecule has 1 saturated heterocycles. The molecule has 0 unspecified atom stereocenters. The first-order valence-electron chi connectivity index (χ1n) is 11.3. The lowest BCUT2D eigenvalue weighted by molar-refractivity contribution is 0.0643. The predicted molar refractivity (Wildman–Crippen MR) is 127 cm³/mol. The van der Waals surface area contributed by atoms with E-state index >= 15 is 0 Å². The van der Waals surface area contributed by atoms with Crippen molar-refractivity contribution in [3.05, 3.63) is 90.3 Å². The lowest BCUT2D eigenvalue weighted by Crippen LogP contribution is -2.41. The zero-order valence-electron chi connectivity index (χ0n) is 18.9. The highest BCUT2D eigenvalue weighted by atomic mass is 16.5. The van der Waals surface area contributed by atoms with Crippen LogP contribution in [0.2, 0.25) is 0 Å². The average Bonchev–Trinajstić information content (AvgIpc) is 3.59. The molecule has 0 radical (unpaired) electrons. The van der Waals surface area contributed by atoms with E-state index in [-0.39, 0.29) is 17.6 Å². The van der Waals surface area contributed by atoms with E-state index in [1.54, 1.807) is 59.4 Å². The van der Waals surface area contributed by atoms with E-state index in [2.05, 4.69) is 5.10 Å². The minimum Gasteiger partial charge on any atom is -0.497 e. The molecule has 0 saturated carbocycles. The van der Waals surface area contributed by atoms with Crippen molar-refractivity contribution in [1.82, 2.24) is 14.7 Å². The van der Waals surface area contributed by atoms with Gasteiger partial charge in [-0.3, -0.25) is 9.59 Å². The zero-order chi connectivity index (χ0) is 23.5. The molecule has 2 aromatic carbocycles. The van der Waals surface area contributed by atoms with E-state index in [0.29, 0.717) is 48.6 Å². The fourth-order valence-electron chi connectivity index (χ4n) is 4.34. The Labute approximate surface area is 197 Å². The average molecular weight is 456 g/mol. The van der Waals surface area contributed by atoms with Gasteiger partial charge in [-0.15, -0.1) is 0 Å². The van der Waals surface area contributed by atoms with Crippen molar-refractivity contribution in [3.63, 3.8) is 0 Å². The third-order valence-corrected chi connectivity index (χ3v) is 6.23. The molecule has 1 fully saturated rings. The van der Waals surface area contributed by atoms with E-state index in [1.165, 1.54) is 0 Å². The first-order valence-corrected chi connectivity index (χ1v) is 11.3. The van der Waals surface area contributed by atoms with Gasteiger partial charge in [-0.05, 0) is 61.4 Å². The number of aromatic nitrogens is 2. The number of hydrogen-bond donors (Lipinski definition) is 0. The fraction of sp³-hybridized carbons (Fsp3) is 0.222. The second-order valence-corrected chi connectivity index (χ2v) is 8.30. The van der Waals surface area contributed by atoms with E-state index in [1.807, 2.05) is 36.4 Å². The van der Waals surface area contributed by atoms with E-state index in [0.717, 1.165) is 11.4 Å². The van der Waals surface area contributed by atoms with Crippen molar-refractivity contribution in [2.45, 2.75) is 12.8 Å². The number of amides is 1. The highest BCUT2D eigenvalue weighted by Gasteiger charge is 2.30. The molecule has 34 heavy (non-hydrogen) atoms. The van der Waals surface area contributed by atoms with Gasteiger partial charge >= 0.3 is 0 Å². The minimum absolute atomic E-state index is 0.102. The third-order valence-electron chi connectivity index (χ3n) is 6.23. The van der Waals surface area contributed by atoms with Crippen LogP contribution in [0.4, 0.5) is 0 Å². The van der Waals surface area contributed by atoms with Gasteiger partial charge in [0.15, 0.2) is 11.5 Å². The first-order chi connectivity index (χ1) is 16.6. The van der Waals surface area contributed by atoms with E-state index in [4.69, 9.17) is 9.15 Å². The summed E-state index contributed by atoms with van der Waals surface area (Å²) < 4.78 is 12.3. The molecule has 7 heteroatoms. The van der Waals surface area contributed by atoms with Gasteiger partial charge in [0.25, 0.3) is 5.91 Å². The Morgan fingerprint density at radius 3 is 2.35 bits per heavy atom. The number of piperidine rings is 1. The van der Waals surface area contributed by atoms with E-state index < -0.39 is 0 Å². The van der Waals surface area contributed by atoms with Crippen LogP contribution in [-0.2, 0) is 0 Å². The van der Waals surface area contributed by atoms with Crippen LogP contribution >= 0.6 is 0 Å². The molecule has 0 spiro atoms. The Morgan fingerprint density at radius 2 is 1.71 bits per heavy atom. The number of ether oxygens (including phenoxy) is 1. The predicted octanol–water partition coefficient (Wildman–Crippen LogP) is 4.88. The van der Waals surface area contributed by atoms with Gasteiger partial charge in [-0.2, -0.15) is 5.10 Å². The molecule has 0 bridgehead atoms. The van der Waals surface area contributed by atoms with Crippen LogP contribution in [0.3, 0.4) is 0 Å². The molecule has 0 atom stereocenters. The van der Waals surface area contributed by atoms with Gasteiger partial charge < -0.3 is 14.1 Å². The molecule has 1 aliphatic heterocycles.